The minimum atomic E-state index is -2.32. The number of rotatable bonds is 2. The molecule has 9 atom stereocenters. The topological polar surface area (TPSA) is 160 Å². The predicted octanol–water partition coefficient (Wildman–Crippen LogP) is -4.14. The Morgan fingerprint density at radius 1 is 1.00 bits per heavy atom. The molecule has 0 bridgehead atoms. The average molecular weight is 309 g/mol. The summed E-state index contributed by atoms with van der Waals surface area (Å²) in [5, 5.41) is 68.7. The van der Waals surface area contributed by atoms with Crippen LogP contribution in [0.4, 0.5) is 0 Å². The van der Waals surface area contributed by atoms with Gasteiger partial charge in [0.1, 0.15) is 49.3 Å². The van der Waals surface area contributed by atoms with Gasteiger partial charge in [-0.1, -0.05) is 0 Å². The molecule has 9 nitrogen and oxygen atoms in total. The standard InChI is InChI=1S/C12H21O9/c1-4-6(14)8(16)9(17)11(21-4)12(19)3-20-5(2-13)7(15)10(12)18/h3-11,13-19H,2H2,1H3/t4-,5-,6-,7-,8+,9+,10+,11-,12+/m1/s1. The first-order valence-electron chi connectivity index (χ1n) is 6.63. The number of aliphatic hydroxyl groups is 7. The molecular weight excluding hydrogens is 288 g/mol. The van der Waals surface area contributed by atoms with Crippen molar-refractivity contribution in [2.75, 3.05) is 6.61 Å². The molecule has 7 N–H and O–H groups in total. The summed E-state index contributed by atoms with van der Waals surface area (Å²) in [4.78, 5) is 0. The van der Waals surface area contributed by atoms with E-state index >= 15 is 0 Å². The molecule has 0 unspecified atom stereocenters. The fraction of sp³-hybridized carbons (Fsp3) is 0.917. The Labute approximate surface area is 121 Å². The van der Waals surface area contributed by atoms with Crippen LogP contribution in [0.5, 0.6) is 0 Å². The van der Waals surface area contributed by atoms with E-state index in [0.29, 0.717) is 0 Å². The van der Waals surface area contributed by atoms with Crippen LogP contribution in [0, 0.1) is 6.61 Å². The quantitative estimate of drug-likeness (QED) is 0.269. The van der Waals surface area contributed by atoms with Crippen molar-refractivity contribution in [3.8, 4) is 0 Å². The molecule has 0 aromatic rings. The van der Waals surface area contributed by atoms with Crippen LogP contribution in [-0.2, 0) is 9.47 Å². The fourth-order valence-electron chi connectivity index (χ4n) is 2.64. The molecule has 21 heavy (non-hydrogen) atoms. The Morgan fingerprint density at radius 3 is 2.19 bits per heavy atom. The SMILES string of the molecule is C[C@H]1O[C@@H]([C@]2(O)[CH]O[C@H](CO)[C@@H](O)[C@@H]2O)[C@@H](O)[C@@H](O)[C@@H]1O. The highest BCUT2D eigenvalue weighted by atomic mass is 16.6. The van der Waals surface area contributed by atoms with E-state index < -0.39 is 61.0 Å². The lowest BCUT2D eigenvalue weighted by molar-refractivity contribution is -0.303. The van der Waals surface area contributed by atoms with Gasteiger partial charge >= 0.3 is 0 Å². The van der Waals surface area contributed by atoms with Crippen molar-refractivity contribution < 1.29 is 45.2 Å². The summed E-state index contributed by atoms with van der Waals surface area (Å²) < 4.78 is 10.2. The number of hydrogen-bond donors (Lipinski definition) is 7. The third-order valence-corrected chi connectivity index (χ3v) is 4.10. The molecule has 0 aromatic carbocycles. The highest BCUT2D eigenvalue weighted by molar-refractivity contribution is 5.12. The van der Waals surface area contributed by atoms with E-state index in [9.17, 15) is 30.6 Å². The van der Waals surface area contributed by atoms with Gasteiger partial charge < -0.3 is 45.2 Å². The zero-order chi connectivity index (χ0) is 15.9. The van der Waals surface area contributed by atoms with Crippen LogP contribution in [0.1, 0.15) is 6.92 Å². The first-order chi connectivity index (χ1) is 9.74. The van der Waals surface area contributed by atoms with E-state index in [1.54, 1.807) is 0 Å². The molecule has 9 heteroatoms. The van der Waals surface area contributed by atoms with Crippen molar-refractivity contribution in [3.63, 3.8) is 0 Å². The minimum Gasteiger partial charge on any atom is -0.394 e. The molecule has 2 saturated heterocycles. The Morgan fingerprint density at radius 2 is 1.62 bits per heavy atom. The monoisotopic (exact) mass is 309 g/mol. The summed E-state index contributed by atoms with van der Waals surface area (Å²) in [6, 6.07) is 0. The number of aliphatic hydroxyl groups excluding tert-OH is 6. The van der Waals surface area contributed by atoms with Gasteiger partial charge in [-0.25, -0.2) is 0 Å². The lowest BCUT2D eigenvalue weighted by Gasteiger charge is -2.51. The minimum absolute atomic E-state index is 0.587. The van der Waals surface area contributed by atoms with Gasteiger partial charge in [-0.2, -0.15) is 0 Å². The van der Waals surface area contributed by atoms with Crippen LogP contribution < -0.4 is 0 Å². The molecule has 0 aromatic heterocycles. The van der Waals surface area contributed by atoms with Crippen LogP contribution in [0.15, 0.2) is 0 Å². The van der Waals surface area contributed by atoms with E-state index in [2.05, 4.69) is 0 Å². The maximum absolute atomic E-state index is 10.5. The molecule has 2 rings (SSSR count). The zero-order valence-electron chi connectivity index (χ0n) is 11.4. The van der Waals surface area contributed by atoms with Gasteiger partial charge in [-0.05, 0) is 6.92 Å². The Bertz CT molecular complexity index is 367. The van der Waals surface area contributed by atoms with E-state index in [1.807, 2.05) is 0 Å². The molecule has 2 aliphatic heterocycles. The van der Waals surface area contributed by atoms with E-state index in [0.717, 1.165) is 6.61 Å². The highest BCUT2D eigenvalue weighted by Crippen LogP contribution is 2.37. The summed E-state index contributed by atoms with van der Waals surface area (Å²) >= 11 is 0. The second-order valence-electron chi connectivity index (χ2n) is 5.53. The normalized spacial score (nSPS) is 55.4. The molecule has 0 aliphatic carbocycles. The first-order valence-corrected chi connectivity index (χ1v) is 6.63. The predicted molar refractivity (Wildman–Crippen MR) is 65.6 cm³/mol. The number of hydrogen-bond acceptors (Lipinski definition) is 9. The second-order valence-corrected chi connectivity index (χ2v) is 5.53. The van der Waals surface area contributed by atoms with E-state index in [4.69, 9.17) is 14.6 Å². The van der Waals surface area contributed by atoms with Gasteiger partial charge in [0.15, 0.2) is 5.60 Å². The molecule has 123 valence electrons. The molecule has 2 heterocycles. The highest BCUT2D eigenvalue weighted by Gasteiger charge is 2.59. The zero-order valence-corrected chi connectivity index (χ0v) is 11.4. The van der Waals surface area contributed by atoms with Crippen LogP contribution in [-0.4, -0.2) is 96.8 Å². The smallest absolute Gasteiger partial charge is 0.150 e. The summed E-state index contributed by atoms with van der Waals surface area (Å²) in [6.45, 7) is 1.59. The fourth-order valence-corrected chi connectivity index (χ4v) is 2.64. The Balaban J connectivity index is 2.23. The van der Waals surface area contributed by atoms with E-state index in [1.165, 1.54) is 6.92 Å². The Kier molecular flexibility index (Phi) is 4.88. The first kappa shape index (κ1) is 17.0. The third-order valence-electron chi connectivity index (χ3n) is 4.10. The largest absolute Gasteiger partial charge is 0.394 e. The summed E-state index contributed by atoms with van der Waals surface area (Å²) in [5.74, 6) is 0. The molecular formula is C12H21O9. The summed E-state index contributed by atoms with van der Waals surface area (Å²) in [7, 11) is 0. The van der Waals surface area contributed by atoms with Crippen LogP contribution in [0.2, 0.25) is 0 Å². The van der Waals surface area contributed by atoms with Gasteiger partial charge in [0.25, 0.3) is 0 Å². The lowest BCUT2D eigenvalue weighted by atomic mass is 9.78. The molecule has 0 spiro atoms. The maximum atomic E-state index is 10.5. The summed E-state index contributed by atoms with van der Waals surface area (Å²) in [5.41, 5.74) is -2.32. The molecule has 0 saturated carbocycles. The van der Waals surface area contributed by atoms with Crippen molar-refractivity contribution >= 4 is 0 Å². The van der Waals surface area contributed by atoms with Gasteiger partial charge in [0.05, 0.1) is 12.7 Å². The van der Waals surface area contributed by atoms with E-state index in [-0.39, 0.29) is 0 Å². The maximum Gasteiger partial charge on any atom is 0.150 e. The van der Waals surface area contributed by atoms with Gasteiger partial charge in [0, 0.05) is 0 Å². The molecule has 2 aliphatic rings. The van der Waals surface area contributed by atoms with Crippen LogP contribution in [0.3, 0.4) is 0 Å². The molecule has 2 fully saturated rings. The third kappa shape index (κ3) is 2.69. The van der Waals surface area contributed by atoms with Crippen LogP contribution >= 0.6 is 0 Å². The molecule has 1 radical (unpaired) electrons. The second kappa shape index (κ2) is 6.03. The lowest BCUT2D eigenvalue weighted by Crippen LogP contribution is -2.71. The van der Waals surface area contributed by atoms with Gasteiger partial charge in [-0.3, -0.25) is 0 Å². The van der Waals surface area contributed by atoms with Crippen molar-refractivity contribution in [2.45, 2.75) is 61.4 Å². The van der Waals surface area contributed by atoms with Crippen molar-refractivity contribution in [2.24, 2.45) is 0 Å². The van der Waals surface area contributed by atoms with Crippen molar-refractivity contribution in [1.29, 1.82) is 0 Å². The van der Waals surface area contributed by atoms with Crippen LogP contribution in [0.25, 0.3) is 0 Å². The van der Waals surface area contributed by atoms with Gasteiger partial charge in [0.2, 0.25) is 0 Å². The van der Waals surface area contributed by atoms with Crippen molar-refractivity contribution in [3.05, 3.63) is 6.61 Å². The summed E-state index contributed by atoms with van der Waals surface area (Å²) in [6.07, 6.45) is -11.7. The van der Waals surface area contributed by atoms with Crippen molar-refractivity contribution in [1.82, 2.24) is 0 Å². The van der Waals surface area contributed by atoms with Gasteiger partial charge in [-0.15, -0.1) is 0 Å². The Hall–Kier alpha value is -0.360. The average Bonchev–Trinajstić information content (AvgIpc) is 2.46. The molecule has 0 amide bonds. The number of ether oxygens (including phenoxy) is 2.